The number of rotatable bonds is 2. The van der Waals surface area contributed by atoms with Crippen molar-refractivity contribution in [1.82, 2.24) is 24.4 Å². The molecule has 4 heterocycles. The first kappa shape index (κ1) is 17.4. The van der Waals surface area contributed by atoms with Crippen LogP contribution in [0.1, 0.15) is 75.0 Å². The van der Waals surface area contributed by atoms with Gasteiger partial charge in [-0.3, -0.25) is 4.79 Å². The van der Waals surface area contributed by atoms with Crippen LogP contribution < -0.4 is 0 Å². The highest BCUT2D eigenvalue weighted by Crippen LogP contribution is 2.48. The SMILES string of the molecule is [2H]C([2H])([2H])N1C(=O)c2cccc(C#C)c2[C@H]2C[C@@H]1c1nc3ccc(-c4cnc(C5(O)CCC5)nc4)cc3n12. The van der Waals surface area contributed by atoms with Gasteiger partial charge >= 0.3 is 0 Å². The average Bonchev–Trinajstić information content (AvgIpc) is 3.39. The second kappa shape index (κ2) is 7.00. The summed E-state index contributed by atoms with van der Waals surface area (Å²) in [6, 6.07) is 9.83. The van der Waals surface area contributed by atoms with E-state index in [9.17, 15) is 9.90 Å². The molecule has 2 aromatic heterocycles. The summed E-state index contributed by atoms with van der Waals surface area (Å²) in [6.07, 6.45) is 11.9. The summed E-state index contributed by atoms with van der Waals surface area (Å²) in [7, 11) is 0. The lowest BCUT2D eigenvalue weighted by atomic mass is 9.79. The molecule has 1 fully saturated rings. The molecule has 7 nitrogen and oxygen atoms in total. The second-order valence-electron chi connectivity index (χ2n) is 9.58. The van der Waals surface area contributed by atoms with Gasteiger partial charge in [0.2, 0.25) is 0 Å². The fraction of sp³-hybridized carbons (Fsp3) is 0.286. The van der Waals surface area contributed by atoms with Crippen molar-refractivity contribution in [1.29, 1.82) is 0 Å². The summed E-state index contributed by atoms with van der Waals surface area (Å²) in [4.78, 5) is 28.2. The van der Waals surface area contributed by atoms with Crippen LogP contribution in [0.3, 0.4) is 0 Å². The molecule has 2 aromatic carbocycles. The number of nitrogens with zero attached hydrogens (tertiary/aromatic N) is 5. The number of aromatic nitrogens is 4. The van der Waals surface area contributed by atoms with Crippen LogP contribution in [0.2, 0.25) is 0 Å². The molecule has 3 aliphatic rings. The van der Waals surface area contributed by atoms with Gasteiger partial charge in [-0.25, -0.2) is 15.0 Å². The number of carbonyl (C=O) groups is 1. The number of hydrogen-bond donors (Lipinski definition) is 1. The van der Waals surface area contributed by atoms with E-state index in [2.05, 4.69) is 15.9 Å². The lowest BCUT2D eigenvalue weighted by molar-refractivity contribution is -0.0467. The summed E-state index contributed by atoms with van der Waals surface area (Å²) in [5, 5.41) is 10.6. The van der Waals surface area contributed by atoms with Crippen molar-refractivity contribution < 1.29 is 14.0 Å². The standard InChI is InChI=1S/C28H23N5O2/c1-3-16-6-4-7-19-24(16)22-13-23(32(2)26(19)34)25-31-20-9-8-17(12-21(20)33(22)25)18-14-29-27(30-15-18)28(35)10-5-11-28/h1,4,6-9,12,14-15,22-23,35H,5,10-11,13H2,2H3/t22-,23-/m1/s1/i2D3. The van der Waals surface area contributed by atoms with Gasteiger partial charge in [0, 0.05) is 52.2 Å². The van der Waals surface area contributed by atoms with E-state index in [-0.39, 0.29) is 6.04 Å². The lowest BCUT2D eigenvalue weighted by Crippen LogP contribution is -2.35. The third-order valence-corrected chi connectivity index (χ3v) is 7.71. The molecular formula is C28H23N5O2. The van der Waals surface area contributed by atoms with E-state index in [1.807, 2.05) is 22.8 Å². The van der Waals surface area contributed by atoms with E-state index in [0.29, 0.717) is 53.1 Å². The molecule has 7 heteroatoms. The molecule has 2 aliphatic heterocycles. The Hall–Kier alpha value is -4.02. The van der Waals surface area contributed by atoms with E-state index in [1.165, 1.54) is 0 Å². The van der Waals surface area contributed by atoms with Crippen molar-refractivity contribution in [3.8, 4) is 23.5 Å². The minimum atomic E-state index is -2.65. The minimum Gasteiger partial charge on any atom is -0.382 e. The van der Waals surface area contributed by atoms with Crippen LogP contribution in [0.25, 0.3) is 22.2 Å². The predicted molar refractivity (Wildman–Crippen MR) is 130 cm³/mol. The Balaban J connectivity index is 1.41. The fourth-order valence-electron chi connectivity index (χ4n) is 5.70. The predicted octanol–water partition coefficient (Wildman–Crippen LogP) is 3.97. The van der Waals surface area contributed by atoms with Crippen molar-refractivity contribution >= 4 is 16.9 Å². The number of amides is 1. The Morgan fingerprint density at radius 3 is 2.71 bits per heavy atom. The second-order valence-corrected chi connectivity index (χ2v) is 9.58. The summed E-state index contributed by atoms with van der Waals surface area (Å²) >= 11 is 0. The molecule has 0 radical (unpaired) electrons. The van der Waals surface area contributed by atoms with Gasteiger partial charge in [-0.1, -0.05) is 18.1 Å². The molecule has 2 atom stereocenters. The molecule has 7 rings (SSSR count). The van der Waals surface area contributed by atoms with Gasteiger partial charge < -0.3 is 14.6 Å². The van der Waals surface area contributed by atoms with Crippen LogP contribution >= 0.6 is 0 Å². The van der Waals surface area contributed by atoms with Crippen LogP contribution in [-0.2, 0) is 5.60 Å². The highest BCUT2D eigenvalue weighted by atomic mass is 16.3. The summed E-state index contributed by atoms with van der Waals surface area (Å²) in [6.45, 7) is -2.65. The van der Waals surface area contributed by atoms with Crippen LogP contribution in [0.4, 0.5) is 0 Å². The van der Waals surface area contributed by atoms with Gasteiger partial charge in [-0.15, -0.1) is 6.42 Å². The molecule has 0 saturated heterocycles. The molecule has 0 spiro atoms. The van der Waals surface area contributed by atoms with Crippen molar-refractivity contribution in [2.45, 2.75) is 43.4 Å². The van der Waals surface area contributed by atoms with Crippen LogP contribution in [0.5, 0.6) is 0 Å². The van der Waals surface area contributed by atoms with Gasteiger partial charge in [0.1, 0.15) is 11.4 Å². The molecular weight excluding hydrogens is 438 g/mol. The van der Waals surface area contributed by atoms with Gasteiger partial charge in [0.15, 0.2) is 5.82 Å². The fourth-order valence-corrected chi connectivity index (χ4v) is 5.70. The topological polar surface area (TPSA) is 84.1 Å². The maximum Gasteiger partial charge on any atom is 0.254 e. The Labute approximate surface area is 206 Å². The highest BCUT2D eigenvalue weighted by Gasteiger charge is 2.44. The van der Waals surface area contributed by atoms with Crippen molar-refractivity contribution in [2.75, 3.05) is 6.98 Å². The molecule has 0 unspecified atom stereocenters. The third kappa shape index (κ3) is 2.71. The van der Waals surface area contributed by atoms with E-state index in [1.54, 1.807) is 30.6 Å². The molecule has 1 saturated carbocycles. The smallest absolute Gasteiger partial charge is 0.254 e. The maximum atomic E-state index is 13.6. The van der Waals surface area contributed by atoms with Crippen LogP contribution in [-0.4, -0.2) is 42.4 Å². The number of terminal acetylenes is 1. The van der Waals surface area contributed by atoms with Gasteiger partial charge in [-0.2, -0.15) is 0 Å². The van der Waals surface area contributed by atoms with Gasteiger partial charge in [-0.05, 0) is 49.1 Å². The molecule has 1 aliphatic carbocycles. The minimum absolute atomic E-state index is 0.311. The van der Waals surface area contributed by atoms with E-state index >= 15 is 0 Å². The zero-order valence-corrected chi connectivity index (χ0v) is 18.8. The van der Waals surface area contributed by atoms with Crippen LogP contribution in [0, 0.1) is 12.3 Å². The molecule has 4 aromatic rings. The Morgan fingerprint density at radius 2 is 2.00 bits per heavy atom. The molecule has 35 heavy (non-hydrogen) atoms. The number of aliphatic hydroxyl groups is 1. The lowest BCUT2D eigenvalue weighted by Gasteiger charge is -2.34. The maximum absolute atomic E-state index is 13.6. The zero-order valence-electron chi connectivity index (χ0n) is 21.8. The number of hydrogen-bond acceptors (Lipinski definition) is 5. The highest BCUT2D eigenvalue weighted by molar-refractivity contribution is 5.98. The van der Waals surface area contributed by atoms with Gasteiger partial charge in [0.05, 0.1) is 23.1 Å². The Morgan fingerprint density at radius 1 is 1.17 bits per heavy atom. The molecule has 1 N–H and O–H groups in total. The van der Waals surface area contributed by atoms with Crippen molar-refractivity contribution in [3.63, 3.8) is 0 Å². The average molecular weight is 465 g/mol. The first-order valence-electron chi connectivity index (χ1n) is 13.2. The Bertz CT molecular complexity index is 1680. The quantitative estimate of drug-likeness (QED) is 0.454. The third-order valence-electron chi connectivity index (χ3n) is 7.71. The summed E-state index contributed by atoms with van der Waals surface area (Å²) in [5.41, 5.74) is 3.75. The zero-order chi connectivity index (χ0) is 26.4. The van der Waals surface area contributed by atoms with E-state index in [4.69, 9.17) is 15.5 Å². The number of fused-ring (bicyclic) bond motifs is 9. The van der Waals surface area contributed by atoms with Crippen molar-refractivity contribution in [3.05, 3.63) is 77.1 Å². The van der Waals surface area contributed by atoms with E-state index in [0.717, 1.165) is 28.0 Å². The molecule has 1 amide bonds. The first-order chi connectivity index (χ1) is 18.2. The van der Waals surface area contributed by atoms with E-state index < -0.39 is 24.5 Å². The largest absolute Gasteiger partial charge is 0.382 e. The van der Waals surface area contributed by atoms with Crippen molar-refractivity contribution in [2.24, 2.45) is 0 Å². The normalized spacial score (nSPS) is 23.4. The number of carbonyl (C=O) groups excluding carboxylic acids is 1. The summed E-state index contributed by atoms with van der Waals surface area (Å²) in [5.74, 6) is 3.10. The van der Waals surface area contributed by atoms with Crippen LogP contribution in [0.15, 0.2) is 48.8 Å². The first-order valence-corrected chi connectivity index (χ1v) is 11.7. The Kier molecular flexibility index (Phi) is 3.48. The number of imidazole rings is 1. The monoisotopic (exact) mass is 464 g/mol. The molecule has 172 valence electrons. The molecule has 2 bridgehead atoms. The van der Waals surface area contributed by atoms with Gasteiger partial charge in [0.25, 0.3) is 5.91 Å². The summed E-state index contributed by atoms with van der Waals surface area (Å²) < 4.78 is 26.6. The number of benzene rings is 2.